The first-order chi connectivity index (χ1) is 7.15. The van der Waals surface area contributed by atoms with Crippen LogP contribution in [0.5, 0.6) is 0 Å². The van der Waals surface area contributed by atoms with Gasteiger partial charge in [-0.3, -0.25) is 0 Å². The molecule has 2 heterocycles. The average Bonchev–Trinajstić information content (AvgIpc) is 2.74. The van der Waals surface area contributed by atoms with Crippen LogP contribution in [0, 0.1) is 5.92 Å². The summed E-state index contributed by atoms with van der Waals surface area (Å²) in [7, 11) is 1.39. The van der Waals surface area contributed by atoms with Crippen LogP contribution in [0.2, 0.25) is 0 Å². The van der Waals surface area contributed by atoms with Gasteiger partial charge in [-0.1, -0.05) is 4.68 Å². The fourth-order valence-electron chi connectivity index (χ4n) is 1.90. The van der Waals surface area contributed by atoms with Gasteiger partial charge in [-0.15, -0.1) is 0 Å². The van der Waals surface area contributed by atoms with Crippen molar-refractivity contribution < 1.29 is 19.0 Å². The fraction of sp³-hybridized carbons (Fsp3) is 0.700. The third-order valence-corrected chi connectivity index (χ3v) is 2.63. The first-order valence-corrected chi connectivity index (χ1v) is 5.04. The van der Waals surface area contributed by atoms with E-state index in [1.807, 2.05) is 13.8 Å². The SMILES string of the molecule is COC(=O)C1=[N+](C(C)C)N=C2COCC21. The molecule has 2 aliphatic heterocycles. The van der Waals surface area contributed by atoms with Crippen molar-refractivity contribution in [2.24, 2.45) is 11.0 Å². The Bertz CT molecular complexity index is 358. The lowest BCUT2D eigenvalue weighted by Crippen LogP contribution is -2.33. The highest BCUT2D eigenvalue weighted by Crippen LogP contribution is 2.20. The Balaban J connectivity index is 2.37. The fourth-order valence-corrected chi connectivity index (χ4v) is 1.90. The zero-order valence-corrected chi connectivity index (χ0v) is 9.19. The minimum Gasteiger partial charge on any atom is -0.461 e. The number of hydrogen-bond donors (Lipinski definition) is 0. The average molecular weight is 211 g/mol. The van der Waals surface area contributed by atoms with Crippen LogP contribution in [-0.4, -0.2) is 48.4 Å². The number of fused-ring (bicyclic) bond motifs is 1. The van der Waals surface area contributed by atoms with Crippen LogP contribution in [0.1, 0.15) is 13.8 Å². The molecule has 1 atom stereocenters. The highest BCUT2D eigenvalue weighted by Gasteiger charge is 2.47. The number of carbonyl (C=O) groups is 1. The van der Waals surface area contributed by atoms with Crippen molar-refractivity contribution in [1.82, 2.24) is 0 Å². The zero-order valence-electron chi connectivity index (χ0n) is 9.19. The number of esters is 1. The van der Waals surface area contributed by atoms with Gasteiger partial charge in [0.1, 0.15) is 11.6 Å². The minimum absolute atomic E-state index is 0.000139. The van der Waals surface area contributed by atoms with Crippen molar-refractivity contribution in [1.29, 1.82) is 0 Å². The van der Waals surface area contributed by atoms with Gasteiger partial charge in [0, 0.05) is 0 Å². The molecule has 0 aromatic heterocycles. The monoisotopic (exact) mass is 211 g/mol. The largest absolute Gasteiger partial charge is 0.461 e. The first kappa shape index (κ1) is 10.3. The Morgan fingerprint density at radius 3 is 3.00 bits per heavy atom. The molecule has 0 spiro atoms. The molecule has 0 radical (unpaired) electrons. The van der Waals surface area contributed by atoms with Gasteiger partial charge in [-0.25, -0.2) is 4.79 Å². The molecule has 0 aromatic rings. The van der Waals surface area contributed by atoms with Crippen LogP contribution < -0.4 is 0 Å². The van der Waals surface area contributed by atoms with E-state index in [0.717, 1.165) is 5.71 Å². The molecule has 2 rings (SSSR count). The Labute approximate surface area is 88.4 Å². The third kappa shape index (κ3) is 1.56. The van der Waals surface area contributed by atoms with Gasteiger partial charge < -0.3 is 9.47 Å². The van der Waals surface area contributed by atoms with Crippen molar-refractivity contribution in [2.45, 2.75) is 19.9 Å². The van der Waals surface area contributed by atoms with Crippen molar-refractivity contribution in [3.8, 4) is 0 Å². The van der Waals surface area contributed by atoms with E-state index in [0.29, 0.717) is 18.9 Å². The second-order valence-corrected chi connectivity index (χ2v) is 3.97. The second-order valence-electron chi connectivity index (χ2n) is 3.97. The van der Waals surface area contributed by atoms with Gasteiger partial charge in [-0.2, -0.15) is 0 Å². The van der Waals surface area contributed by atoms with Crippen molar-refractivity contribution in [2.75, 3.05) is 20.3 Å². The summed E-state index contributed by atoms with van der Waals surface area (Å²) < 4.78 is 11.8. The lowest BCUT2D eigenvalue weighted by atomic mass is 10.0. The third-order valence-electron chi connectivity index (χ3n) is 2.63. The van der Waals surface area contributed by atoms with Crippen molar-refractivity contribution in [3.05, 3.63) is 0 Å². The van der Waals surface area contributed by atoms with Gasteiger partial charge in [0.05, 0.1) is 20.3 Å². The summed E-state index contributed by atoms with van der Waals surface area (Å²) in [6, 6.07) is 0.164. The van der Waals surface area contributed by atoms with E-state index >= 15 is 0 Å². The quantitative estimate of drug-likeness (QED) is 0.478. The van der Waals surface area contributed by atoms with E-state index in [1.165, 1.54) is 7.11 Å². The van der Waals surface area contributed by atoms with E-state index in [1.54, 1.807) is 4.68 Å². The molecule has 15 heavy (non-hydrogen) atoms. The Morgan fingerprint density at radius 1 is 1.67 bits per heavy atom. The molecule has 0 saturated carbocycles. The molecule has 1 unspecified atom stereocenters. The summed E-state index contributed by atoms with van der Waals surface area (Å²) in [6.07, 6.45) is 0. The molecule has 0 aliphatic carbocycles. The number of rotatable bonds is 2. The minimum atomic E-state index is -0.307. The number of hydrogen-bond acceptors (Lipinski definition) is 4. The maximum absolute atomic E-state index is 11.6. The molecule has 0 aromatic carbocycles. The molecular formula is C10H15N2O3+. The first-order valence-electron chi connectivity index (χ1n) is 5.04. The normalized spacial score (nSPS) is 24.5. The second kappa shape index (κ2) is 3.73. The lowest BCUT2D eigenvalue weighted by Gasteiger charge is -2.03. The van der Waals surface area contributed by atoms with Gasteiger partial charge in [0.15, 0.2) is 6.04 Å². The number of ether oxygens (including phenoxy) is 2. The molecule has 1 fully saturated rings. The number of methoxy groups -OCH3 is 1. The number of carbonyl (C=O) groups excluding carboxylic acids is 1. The molecule has 82 valence electrons. The summed E-state index contributed by atoms with van der Waals surface area (Å²) in [5.74, 6) is -0.308. The van der Waals surface area contributed by atoms with Gasteiger partial charge >= 0.3 is 11.7 Å². The Hall–Kier alpha value is -1.23. The molecule has 5 heteroatoms. The summed E-state index contributed by atoms with van der Waals surface area (Å²) in [4.78, 5) is 11.6. The molecule has 0 N–H and O–H groups in total. The van der Waals surface area contributed by atoms with Crippen molar-refractivity contribution >= 4 is 17.4 Å². The topological polar surface area (TPSA) is 50.9 Å². The standard InChI is InChI=1S/C10H15N2O3/c1-6(2)12-9(10(13)14-3)7-4-15-5-8(7)11-12/h6-7H,4-5H2,1-3H3/q+1. The van der Waals surface area contributed by atoms with Gasteiger partial charge in [-0.05, 0) is 18.9 Å². The summed E-state index contributed by atoms with van der Waals surface area (Å²) in [6.45, 7) is 5.05. The van der Waals surface area contributed by atoms with Crippen LogP contribution in [0.25, 0.3) is 0 Å². The molecule has 5 nitrogen and oxygen atoms in total. The molecule has 0 bridgehead atoms. The predicted molar refractivity (Wildman–Crippen MR) is 54.2 cm³/mol. The maximum atomic E-state index is 11.6. The van der Waals surface area contributed by atoms with E-state index in [-0.39, 0.29) is 17.9 Å². The van der Waals surface area contributed by atoms with Crippen LogP contribution in [-0.2, 0) is 14.3 Å². The van der Waals surface area contributed by atoms with E-state index in [2.05, 4.69) is 5.10 Å². The van der Waals surface area contributed by atoms with Crippen LogP contribution >= 0.6 is 0 Å². The van der Waals surface area contributed by atoms with Gasteiger partial charge in [0.2, 0.25) is 0 Å². The number of hydrazone groups is 1. The highest BCUT2D eigenvalue weighted by atomic mass is 16.5. The van der Waals surface area contributed by atoms with Crippen LogP contribution in [0.15, 0.2) is 5.10 Å². The van der Waals surface area contributed by atoms with Gasteiger partial charge in [0.25, 0.3) is 0 Å². The molecule has 1 saturated heterocycles. The summed E-state index contributed by atoms with van der Waals surface area (Å²) in [5, 5.41) is 4.39. The molecule has 2 aliphatic rings. The van der Waals surface area contributed by atoms with E-state index < -0.39 is 0 Å². The molecule has 0 amide bonds. The zero-order chi connectivity index (χ0) is 11.0. The number of nitrogens with zero attached hydrogens (tertiary/aromatic N) is 2. The lowest BCUT2D eigenvalue weighted by molar-refractivity contribution is -0.561. The van der Waals surface area contributed by atoms with Crippen LogP contribution in [0.4, 0.5) is 0 Å². The predicted octanol–water partition coefficient (Wildman–Crippen LogP) is 0.0373. The summed E-state index contributed by atoms with van der Waals surface area (Å²) >= 11 is 0. The smallest absolute Gasteiger partial charge is 0.402 e. The Morgan fingerprint density at radius 2 is 2.40 bits per heavy atom. The summed E-state index contributed by atoms with van der Waals surface area (Å²) in [5.41, 5.74) is 1.55. The van der Waals surface area contributed by atoms with Crippen molar-refractivity contribution in [3.63, 3.8) is 0 Å². The highest BCUT2D eigenvalue weighted by molar-refractivity contribution is 6.40. The Kier molecular flexibility index (Phi) is 2.56. The van der Waals surface area contributed by atoms with E-state index in [4.69, 9.17) is 9.47 Å². The maximum Gasteiger partial charge on any atom is 0.402 e. The van der Waals surface area contributed by atoms with Crippen LogP contribution in [0.3, 0.4) is 0 Å². The van der Waals surface area contributed by atoms with E-state index in [9.17, 15) is 4.79 Å². The molecular weight excluding hydrogens is 196 g/mol.